The molecule has 1 aliphatic rings. The van der Waals surface area contributed by atoms with Gasteiger partial charge in [-0.25, -0.2) is 9.79 Å². The SMILES string of the molecule is CCOC(=O)C1=C(C)N=c2s/c(=C\c3cc(OC)c(OCc4cccc5ccccc45)cc3Br)c(=O)n2[C@@H]1c1ccc(OC(C)C)c(OC)c1. The molecule has 0 spiro atoms. The highest BCUT2D eigenvalue weighted by Crippen LogP contribution is 2.37. The highest BCUT2D eigenvalue weighted by Gasteiger charge is 2.34. The van der Waals surface area contributed by atoms with E-state index in [1.165, 1.54) is 11.3 Å². The van der Waals surface area contributed by atoms with Crippen molar-refractivity contribution in [1.82, 2.24) is 4.57 Å². The van der Waals surface area contributed by atoms with Crippen molar-refractivity contribution in [3.8, 4) is 23.0 Å². The molecule has 0 bridgehead atoms. The van der Waals surface area contributed by atoms with Crippen molar-refractivity contribution >= 4 is 50.1 Å². The van der Waals surface area contributed by atoms with Crippen molar-refractivity contribution in [2.24, 2.45) is 4.99 Å². The number of allylic oxidation sites excluding steroid dienone is 1. The number of ether oxygens (including phenoxy) is 5. The Morgan fingerprint density at radius 1 is 0.980 bits per heavy atom. The van der Waals surface area contributed by atoms with E-state index in [9.17, 15) is 9.59 Å². The molecule has 1 aromatic heterocycles. The number of aromatic nitrogens is 1. The van der Waals surface area contributed by atoms with E-state index >= 15 is 0 Å². The molecular weight excluding hydrogens is 720 g/mol. The average molecular weight is 758 g/mol. The van der Waals surface area contributed by atoms with Crippen molar-refractivity contribution in [1.29, 1.82) is 0 Å². The Bertz CT molecular complexity index is 2300. The summed E-state index contributed by atoms with van der Waals surface area (Å²) in [6, 6.07) is 22.6. The van der Waals surface area contributed by atoms with Gasteiger partial charge in [0.2, 0.25) is 0 Å². The van der Waals surface area contributed by atoms with Crippen molar-refractivity contribution in [2.45, 2.75) is 46.4 Å². The van der Waals surface area contributed by atoms with Crippen LogP contribution in [0.1, 0.15) is 50.4 Å². The van der Waals surface area contributed by atoms with E-state index in [4.69, 9.17) is 28.7 Å². The Morgan fingerprint density at radius 3 is 2.46 bits per heavy atom. The second-order valence-electron chi connectivity index (χ2n) is 11.8. The normalized spacial score (nSPS) is 14.4. The van der Waals surface area contributed by atoms with Crippen LogP contribution in [0.25, 0.3) is 16.8 Å². The molecule has 0 fully saturated rings. The number of halogens is 1. The third-order valence-corrected chi connectivity index (χ3v) is 9.89. The molecule has 0 saturated heterocycles. The van der Waals surface area contributed by atoms with Crippen molar-refractivity contribution in [3.05, 3.63) is 125 Å². The summed E-state index contributed by atoms with van der Waals surface area (Å²) in [5.74, 6) is 1.57. The number of fused-ring (bicyclic) bond motifs is 2. The molecule has 0 radical (unpaired) electrons. The van der Waals surface area contributed by atoms with Crippen LogP contribution in [0.4, 0.5) is 0 Å². The van der Waals surface area contributed by atoms with Gasteiger partial charge in [-0.2, -0.15) is 0 Å². The first kappa shape index (κ1) is 35.0. The van der Waals surface area contributed by atoms with E-state index in [0.717, 1.165) is 16.3 Å². The van der Waals surface area contributed by atoms with Gasteiger partial charge in [0.15, 0.2) is 27.8 Å². The fourth-order valence-corrected chi connectivity index (χ4v) is 7.44. The first-order chi connectivity index (χ1) is 24.1. The largest absolute Gasteiger partial charge is 0.493 e. The highest BCUT2D eigenvalue weighted by molar-refractivity contribution is 9.10. The Labute approximate surface area is 302 Å². The minimum Gasteiger partial charge on any atom is -0.493 e. The molecule has 2 heterocycles. The molecule has 11 heteroatoms. The lowest BCUT2D eigenvalue weighted by atomic mass is 9.95. The number of thiazole rings is 1. The summed E-state index contributed by atoms with van der Waals surface area (Å²) in [5.41, 5.74) is 2.85. The number of nitrogens with zero attached hydrogens (tertiary/aromatic N) is 2. The first-order valence-electron chi connectivity index (χ1n) is 16.1. The summed E-state index contributed by atoms with van der Waals surface area (Å²) in [4.78, 5) is 32.8. The van der Waals surface area contributed by atoms with Crippen LogP contribution in [0.3, 0.4) is 0 Å². The maximum absolute atomic E-state index is 14.3. The highest BCUT2D eigenvalue weighted by atomic mass is 79.9. The number of carbonyl (C=O) groups excluding carboxylic acids is 1. The summed E-state index contributed by atoms with van der Waals surface area (Å²) in [6.07, 6.45) is 1.71. The van der Waals surface area contributed by atoms with Gasteiger partial charge in [-0.1, -0.05) is 75.8 Å². The number of hydrogen-bond acceptors (Lipinski definition) is 9. The Balaban J connectivity index is 1.41. The zero-order chi connectivity index (χ0) is 35.5. The predicted octanol–water partition coefficient (Wildman–Crippen LogP) is 7.10. The van der Waals surface area contributed by atoms with E-state index in [-0.39, 0.29) is 23.8 Å². The van der Waals surface area contributed by atoms with Crippen molar-refractivity contribution in [3.63, 3.8) is 0 Å². The van der Waals surface area contributed by atoms with Crippen LogP contribution in [0.5, 0.6) is 23.0 Å². The predicted molar refractivity (Wildman–Crippen MR) is 198 cm³/mol. The van der Waals surface area contributed by atoms with Gasteiger partial charge in [-0.05, 0) is 85.5 Å². The summed E-state index contributed by atoms with van der Waals surface area (Å²) < 4.78 is 31.7. The van der Waals surface area contributed by atoms with E-state index in [2.05, 4.69) is 34.1 Å². The first-order valence-corrected chi connectivity index (χ1v) is 17.8. The van der Waals surface area contributed by atoms with Crippen LogP contribution < -0.4 is 33.8 Å². The van der Waals surface area contributed by atoms with E-state index < -0.39 is 12.0 Å². The number of benzene rings is 4. The van der Waals surface area contributed by atoms with Crippen LogP contribution >= 0.6 is 27.3 Å². The third kappa shape index (κ3) is 6.93. The maximum Gasteiger partial charge on any atom is 0.338 e. The molecule has 6 rings (SSSR count). The van der Waals surface area contributed by atoms with Crippen LogP contribution in [0, 0.1) is 0 Å². The zero-order valence-corrected chi connectivity index (χ0v) is 31.0. The smallest absolute Gasteiger partial charge is 0.338 e. The van der Waals surface area contributed by atoms with E-state index in [1.54, 1.807) is 50.8 Å². The van der Waals surface area contributed by atoms with Gasteiger partial charge in [0, 0.05) is 4.47 Å². The van der Waals surface area contributed by atoms with Gasteiger partial charge in [-0.3, -0.25) is 9.36 Å². The lowest BCUT2D eigenvalue weighted by Crippen LogP contribution is -2.40. The van der Waals surface area contributed by atoms with Gasteiger partial charge in [0.25, 0.3) is 5.56 Å². The van der Waals surface area contributed by atoms with Gasteiger partial charge in [0.1, 0.15) is 6.61 Å². The number of esters is 1. The summed E-state index contributed by atoms with van der Waals surface area (Å²) in [6.45, 7) is 7.87. The van der Waals surface area contributed by atoms with Crippen molar-refractivity contribution in [2.75, 3.05) is 20.8 Å². The topological polar surface area (TPSA) is 97.6 Å². The molecule has 50 heavy (non-hydrogen) atoms. The number of methoxy groups -OCH3 is 2. The summed E-state index contributed by atoms with van der Waals surface area (Å²) >= 11 is 4.92. The molecule has 0 unspecified atom stereocenters. The molecule has 0 aliphatic carbocycles. The zero-order valence-electron chi connectivity index (χ0n) is 28.6. The minimum absolute atomic E-state index is 0.0764. The summed E-state index contributed by atoms with van der Waals surface area (Å²) in [7, 11) is 3.13. The van der Waals surface area contributed by atoms with E-state index in [1.807, 2.05) is 56.3 Å². The van der Waals surface area contributed by atoms with Gasteiger partial charge in [0.05, 0.1) is 48.8 Å². The number of carbonyl (C=O) groups is 1. The van der Waals surface area contributed by atoms with Gasteiger partial charge in [-0.15, -0.1) is 0 Å². The Morgan fingerprint density at radius 2 is 1.72 bits per heavy atom. The second kappa shape index (κ2) is 14.9. The molecule has 0 amide bonds. The maximum atomic E-state index is 14.3. The van der Waals surface area contributed by atoms with Crippen LogP contribution in [0.2, 0.25) is 0 Å². The molecule has 0 saturated carbocycles. The fourth-order valence-electron chi connectivity index (χ4n) is 5.96. The molecule has 258 valence electrons. The van der Waals surface area contributed by atoms with Crippen molar-refractivity contribution < 1.29 is 28.5 Å². The lowest BCUT2D eigenvalue weighted by molar-refractivity contribution is -0.139. The molecule has 1 atom stereocenters. The Kier molecular flexibility index (Phi) is 10.4. The second-order valence-corrected chi connectivity index (χ2v) is 13.7. The third-order valence-electron chi connectivity index (χ3n) is 8.22. The molecule has 0 N–H and O–H groups in total. The van der Waals surface area contributed by atoms with E-state index in [0.29, 0.717) is 60.2 Å². The molecule has 1 aliphatic heterocycles. The Hall–Kier alpha value is -4.87. The van der Waals surface area contributed by atoms with Crippen LogP contribution in [-0.4, -0.2) is 37.5 Å². The fraction of sp³-hybridized carbons (Fsp3) is 0.256. The monoisotopic (exact) mass is 756 g/mol. The average Bonchev–Trinajstić information content (AvgIpc) is 3.41. The quantitative estimate of drug-likeness (QED) is 0.133. The van der Waals surface area contributed by atoms with Crippen LogP contribution in [-0.2, 0) is 16.1 Å². The van der Waals surface area contributed by atoms with Gasteiger partial charge >= 0.3 is 5.97 Å². The lowest BCUT2D eigenvalue weighted by Gasteiger charge is -2.25. The number of rotatable bonds is 11. The summed E-state index contributed by atoms with van der Waals surface area (Å²) in [5, 5.41) is 2.26. The van der Waals surface area contributed by atoms with Gasteiger partial charge < -0.3 is 23.7 Å². The minimum atomic E-state index is -0.808. The molecule has 9 nitrogen and oxygen atoms in total. The molecule has 5 aromatic rings. The number of hydrogen-bond donors (Lipinski definition) is 0. The molecule has 4 aromatic carbocycles. The standard InChI is InChI=1S/C39H37BrN2O7S/c1-7-47-38(44)35-23(4)41-39-42(36(35)25-15-16-30(49-22(2)3)31(17-25)45-5)37(43)34(50-39)19-27-18-32(46-6)33(20-29(27)40)48-21-26-13-10-12-24-11-8-9-14-28(24)26/h8-20,22,36H,7,21H2,1-6H3/b34-19-/t36-/m1/s1. The van der Waals surface area contributed by atoms with Crippen LogP contribution in [0.15, 0.2) is 98.3 Å². The molecular formula is C39H37BrN2O7S.